The third-order valence-electron chi connectivity index (χ3n) is 3.32. The standard InChI is InChI=1S/C15H16N4O3S3/c1-10-14(24-15(17-10)12-4-3-9-23-12)11-5-6-13(20)19(18-11)8-7-16-25(2,21)22/h3-6,9,16H,7-8H2,1-2H3. The van der Waals surface area contributed by atoms with Crippen molar-refractivity contribution in [3.8, 4) is 20.5 Å². The molecular formula is C15H16N4O3S3. The fourth-order valence-corrected chi connectivity index (χ4v) is 4.50. The van der Waals surface area contributed by atoms with E-state index >= 15 is 0 Å². The van der Waals surface area contributed by atoms with Gasteiger partial charge in [-0.05, 0) is 24.4 Å². The predicted molar refractivity (Wildman–Crippen MR) is 101 cm³/mol. The van der Waals surface area contributed by atoms with E-state index in [0.717, 1.165) is 26.7 Å². The van der Waals surface area contributed by atoms with Crippen molar-refractivity contribution in [3.63, 3.8) is 0 Å². The van der Waals surface area contributed by atoms with Crippen LogP contribution in [-0.2, 0) is 16.6 Å². The van der Waals surface area contributed by atoms with E-state index in [1.54, 1.807) is 17.4 Å². The molecule has 0 aliphatic heterocycles. The number of rotatable bonds is 6. The lowest BCUT2D eigenvalue weighted by Gasteiger charge is -2.06. The molecule has 0 aliphatic rings. The summed E-state index contributed by atoms with van der Waals surface area (Å²) in [5.74, 6) is 0. The number of aryl methyl sites for hydroxylation is 1. The first-order chi connectivity index (χ1) is 11.8. The highest BCUT2D eigenvalue weighted by atomic mass is 32.2. The van der Waals surface area contributed by atoms with E-state index in [1.165, 1.54) is 22.1 Å². The molecule has 1 N–H and O–H groups in total. The molecule has 0 fully saturated rings. The summed E-state index contributed by atoms with van der Waals surface area (Å²) in [5, 5.41) is 7.28. The van der Waals surface area contributed by atoms with Gasteiger partial charge in [-0.3, -0.25) is 4.79 Å². The molecule has 25 heavy (non-hydrogen) atoms. The molecule has 132 valence electrons. The largest absolute Gasteiger partial charge is 0.268 e. The zero-order valence-corrected chi connectivity index (χ0v) is 16.0. The Morgan fingerprint density at radius 3 is 2.76 bits per heavy atom. The monoisotopic (exact) mass is 396 g/mol. The molecule has 0 radical (unpaired) electrons. The van der Waals surface area contributed by atoms with E-state index < -0.39 is 10.0 Å². The lowest BCUT2D eigenvalue weighted by Crippen LogP contribution is -2.31. The topological polar surface area (TPSA) is 94.0 Å². The number of hydrogen-bond acceptors (Lipinski definition) is 7. The van der Waals surface area contributed by atoms with Crippen molar-refractivity contribution in [2.45, 2.75) is 13.5 Å². The fourth-order valence-electron chi connectivity index (χ4n) is 2.21. The Kier molecular flexibility index (Phi) is 5.13. The molecular weight excluding hydrogens is 380 g/mol. The molecule has 7 nitrogen and oxygen atoms in total. The quantitative estimate of drug-likeness (QED) is 0.687. The summed E-state index contributed by atoms with van der Waals surface area (Å²) in [4.78, 5) is 18.5. The lowest BCUT2D eigenvalue weighted by atomic mass is 10.3. The van der Waals surface area contributed by atoms with Crippen molar-refractivity contribution < 1.29 is 8.42 Å². The van der Waals surface area contributed by atoms with Crippen LogP contribution in [0.15, 0.2) is 34.4 Å². The molecule has 0 unspecified atom stereocenters. The number of thiophene rings is 1. The maximum absolute atomic E-state index is 11.9. The van der Waals surface area contributed by atoms with Crippen LogP contribution in [-0.4, -0.2) is 36.0 Å². The molecule has 0 aromatic carbocycles. The van der Waals surface area contributed by atoms with Gasteiger partial charge in [-0.2, -0.15) is 5.10 Å². The predicted octanol–water partition coefficient (Wildman–Crippen LogP) is 1.95. The summed E-state index contributed by atoms with van der Waals surface area (Å²) in [6, 6.07) is 7.09. The number of hydrogen-bond donors (Lipinski definition) is 1. The minimum Gasteiger partial charge on any atom is -0.268 e. The minimum atomic E-state index is -3.30. The number of aromatic nitrogens is 3. The van der Waals surface area contributed by atoms with E-state index in [-0.39, 0.29) is 18.6 Å². The maximum Gasteiger partial charge on any atom is 0.266 e. The van der Waals surface area contributed by atoms with Gasteiger partial charge in [0.05, 0.1) is 28.2 Å². The van der Waals surface area contributed by atoms with E-state index in [1.807, 2.05) is 24.4 Å². The first-order valence-electron chi connectivity index (χ1n) is 7.38. The Balaban J connectivity index is 1.88. The Labute approximate surface area is 153 Å². The SMILES string of the molecule is Cc1nc(-c2cccs2)sc1-c1ccc(=O)n(CCNS(C)(=O)=O)n1. The summed E-state index contributed by atoms with van der Waals surface area (Å²) < 4.78 is 25.9. The molecule has 3 heterocycles. The first-order valence-corrected chi connectivity index (χ1v) is 11.0. The summed E-state index contributed by atoms with van der Waals surface area (Å²) in [6.45, 7) is 2.18. The highest BCUT2D eigenvalue weighted by molar-refractivity contribution is 7.88. The van der Waals surface area contributed by atoms with E-state index in [9.17, 15) is 13.2 Å². The fraction of sp³-hybridized carbons (Fsp3) is 0.267. The maximum atomic E-state index is 11.9. The number of nitrogens with one attached hydrogen (secondary N) is 1. The molecule has 3 rings (SSSR count). The van der Waals surface area contributed by atoms with Gasteiger partial charge in [0.2, 0.25) is 10.0 Å². The molecule has 0 atom stereocenters. The molecule has 10 heteroatoms. The molecule has 0 saturated heterocycles. The van der Waals surface area contributed by atoms with Gasteiger partial charge in [0.25, 0.3) is 5.56 Å². The summed E-state index contributed by atoms with van der Waals surface area (Å²) in [5.41, 5.74) is 1.22. The molecule has 0 spiro atoms. The molecule has 0 saturated carbocycles. The molecule has 0 aliphatic carbocycles. The summed E-state index contributed by atoms with van der Waals surface area (Å²) in [6.07, 6.45) is 1.08. The van der Waals surface area contributed by atoms with Gasteiger partial charge in [0.1, 0.15) is 10.7 Å². The Morgan fingerprint density at radius 2 is 2.08 bits per heavy atom. The zero-order chi connectivity index (χ0) is 18.0. The summed E-state index contributed by atoms with van der Waals surface area (Å²) >= 11 is 3.14. The van der Waals surface area contributed by atoms with Crippen molar-refractivity contribution in [1.82, 2.24) is 19.5 Å². The van der Waals surface area contributed by atoms with Gasteiger partial charge in [-0.1, -0.05) is 6.07 Å². The van der Waals surface area contributed by atoms with Crippen LogP contribution in [0.4, 0.5) is 0 Å². The number of thiazole rings is 1. The van der Waals surface area contributed by atoms with Gasteiger partial charge < -0.3 is 0 Å². The average molecular weight is 397 g/mol. The van der Waals surface area contributed by atoms with E-state index in [4.69, 9.17) is 0 Å². The van der Waals surface area contributed by atoms with Crippen molar-refractivity contribution in [2.24, 2.45) is 0 Å². The van der Waals surface area contributed by atoms with Crippen molar-refractivity contribution >= 4 is 32.7 Å². The van der Waals surface area contributed by atoms with Crippen LogP contribution in [0.3, 0.4) is 0 Å². The van der Waals surface area contributed by atoms with Crippen LogP contribution in [0.5, 0.6) is 0 Å². The Hall–Kier alpha value is -1.88. The van der Waals surface area contributed by atoms with Crippen molar-refractivity contribution in [2.75, 3.05) is 12.8 Å². The smallest absolute Gasteiger partial charge is 0.266 e. The van der Waals surface area contributed by atoms with Gasteiger partial charge in [-0.25, -0.2) is 22.8 Å². The first kappa shape index (κ1) is 17.9. The normalized spacial score (nSPS) is 11.8. The lowest BCUT2D eigenvalue weighted by molar-refractivity contribution is 0.552. The molecule has 3 aromatic rings. The van der Waals surface area contributed by atoms with E-state index in [2.05, 4.69) is 14.8 Å². The second kappa shape index (κ2) is 7.16. The Morgan fingerprint density at radius 1 is 1.28 bits per heavy atom. The van der Waals surface area contributed by atoms with Gasteiger partial charge in [-0.15, -0.1) is 22.7 Å². The minimum absolute atomic E-state index is 0.108. The van der Waals surface area contributed by atoms with Crippen molar-refractivity contribution in [3.05, 3.63) is 45.7 Å². The second-order valence-electron chi connectivity index (χ2n) is 5.36. The molecule has 3 aromatic heterocycles. The molecule has 0 amide bonds. The van der Waals surface area contributed by atoms with E-state index in [0.29, 0.717) is 5.69 Å². The van der Waals surface area contributed by atoms with Crippen LogP contribution in [0.25, 0.3) is 20.5 Å². The average Bonchev–Trinajstić information content (AvgIpc) is 3.17. The highest BCUT2D eigenvalue weighted by Crippen LogP contribution is 2.35. The zero-order valence-electron chi connectivity index (χ0n) is 13.6. The second-order valence-corrected chi connectivity index (χ2v) is 9.14. The summed E-state index contributed by atoms with van der Waals surface area (Å²) in [7, 11) is -3.30. The van der Waals surface area contributed by atoms with Crippen LogP contribution in [0.1, 0.15) is 5.69 Å². The van der Waals surface area contributed by atoms with Gasteiger partial charge >= 0.3 is 0 Å². The third-order valence-corrected chi connectivity index (χ3v) is 6.26. The number of sulfonamides is 1. The van der Waals surface area contributed by atoms with Crippen LogP contribution >= 0.6 is 22.7 Å². The van der Waals surface area contributed by atoms with Crippen LogP contribution in [0, 0.1) is 6.92 Å². The number of nitrogens with zero attached hydrogens (tertiary/aromatic N) is 3. The Bertz CT molecular complexity index is 1040. The third kappa shape index (κ3) is 4.40. The molecule has 0 bridgehead atoms. The highest BCUT2D eigenvalue weighted by Gasteiger charge is 2.14. The van der Waals surface area contributed by atoms with Crippen molar-refractivity contribution in [1.29, 1.82) is 0 Å². The van der Waals surface area contributed by atoms with Gasteiger partial charge in [0, 0.05) is 12.6 Å². The van der Waals surface area contributed by atoms with Crippen LogP contribution in [0.2, 0.25) is 0 Å². The van der Waals surface area contributed by atoms with Crippen LogP contribution < -0.4 is 10.3 Å². The van der Waals surface area contributed by atoms with Gasteiger partial charge in [0.15, 0.2) is 0 Å².